The summed E-state index contributed by atoms with van der Waals surface area (Å²) in [4.78, 5) is 25.6. The number of carbonyl (C=O) groups excluding carboxylic acids is 2. The Morgan fingerprint density at radius 3 is 1.58 bits per heavy atom. The van der Waals surface area contributed by atoms with Crippen molar-refractivity contribution in [2.24, 2.45) is 11.8 Å². The first kappa shape index (κ1) is 28.8. The molecule has 3 rings (SSSR count). The lowest BCUT2D eigenvalue weighted by Gasteiger charge is -2.19. The third-order valence-electron chi connectivity index (χ3n) is 5.89. The van der Waals surface area contributed by atoms with E-state index < -0.39 is 18.0 Å². The van der Waals surface area contributed by atoms with Gasteiger partial charge in [0.15, 0.2) is 6.10 Å². The molecule has 0 aromatic heterocycles. The SMILES string of the molecule is CC(C)CCOc1ccc(C(=O)OC[C@@H](OC(=O)c2ccc(OCCC(C)C)cc2)c2ccccc2)cc1. The van der Waals surface area contributed by atoms with Gasteiger partial charge in [0.1, 0.15) is 18.1 Å². The molecule has 38 heavy (non-hydrogen) atoms. The average molecular weight is 519 g/mol. The van der Waals surface area contributed by atoms with Crippen LogP contribution < -0.4 is 9.47 Å². The molecule has 0 N–H and O–H groups in total. The van der Waals surface area contributed by atoms with Crippen LogP contribution >= 0.6 is 0 Å². The first-order valence-corrected chi connectivity index (χ1v) is 13.2. The van der Waals surface area contributed by atoms with Crippen LogP contribution in [0.5, 0.6) is 11.5 Å². The number of carbonyl (C=O) groups is 2. The highest BCUT2D eigenvalue weighted by molar-refractivity contribution is 5.90. The molecule has 1 atom stereocenters. The van der Waals surface area contributed by atoms with E-state index in [0.717, 1.165) is 18.4 Å². The first-order valence-electron chi connectivity index (χ1n) is 13.2. The zero-order valence-electron chi connectivity index (χ0n) is 22.7. The third kappa shape index (κ3) is 9.58. The van der Waals surface area contributed by atoms with E-state index in [-0.39, 0.29) is 6.61 Å². The molecule has 0 saturated carbocycles. The number of benzene rings is 3. The van der Waals surface area contributed by atoms with Gasteiger partial charge in [0, 0.05) is 0 Å². The molecular formula is C32H38O6. The van der Waals surface area contributed by atoms with E-state index in [9.17, 15) is 9.59 Å². The van der Waals surface area contributed by atoms with Crippen LogP contribution in [-0.4, -0.2) is 31.8 Å². The van der Waals surface area contributed by atoms with Gasteiger partial charge in [-0.05, 0) is 78.8 Å². The lowest BCUT2D eigenvalue weighted by molar-refractivity contribution is -0.00134. The molecule has 0 spiro atoms. The van der Waals surface area contributed by atoms with E-state index in [4.69, 9.17) is 18.9 Å². The average Bonchev–Trinajstić information content (AvgIpc) is 2.91. The lowest BCUT2D eigenvalue weighted by Crippen LogP contribution is -2.19. The molecular weight excluding hydrogens is 480 g/mol. The Balaban J connectivity index is 1.59. The molecule has 0 bridgehead atoms. The molecule has 0 unspecified atom stereocenters. The lowest BCUT2D eigenvalue weighted by atomic mass is 10.1. The second kappa shape index (κ2) is 14.8. The fourth-order valence-corrected chi connectivity index (χ4v) is 3.50. The van der Waals surface area contributed by atoms with Crippen LogP contribution in [0.15, 0.2) is 78.9 Å². The van der Waals surface area contributed by atoms with E-state index in [0.29, 0.717) is 47.7 Å². The van der Waals surface area contributed by atoms with Crippen molar-refractivity contribution in [3.05, 3.63) is 95.6 Å². The Bertz CT molecular complexity index is 1120. The van der Waals surface area contributed by atoms with E-state index >= 15 is 0 Å². The summed E-state index contributed by atoms with van der Waals surface area (Å²) in [6, 6.07) is 22.9. The second-order valence-electron chi connectivity index (χ2n) is 10.0. The Hall–Kier alpha value is -3.80. The molecule has 6 nitrogen and oxygen atoms in total. The summed E-state index contributed by atoms with van der Waals surface area (Å²) < 4.78 is 22.7. The summed E-state index contributed by atoms with van der Waals surface area (Å²) in [5.41, 5.74) is 1.52. The molecule has 0 aliphatic heterocycles. The monoisotopic (exact) mass is 518 g/mol. The fourth-order valence-electron chi connectivity index (χ4n) is 3.50. The van der Waals surface area contributed by atoms with Crippen LogP contribution in [0.2, 0.25) is 0 Å². The molecule has 0 fully saturated rings. The van der Waals surface area contributed by atoms with Gasteiger partial charge in [-0.3, -0.25) is 0 Å². The zero-order chi connectivity index (χ0) is 27.3. The highest BCUT2D eigenvalue weighted by Crippen LogP contribution is 2.22. The summed E-state index contributed by atoms with van der Waals surface area (Å²) >= 11 is 0. The van der Waals surface area contributed by atoms with E-state index in [1.54, 1.807) is 48.5 Å². The maximum atomic E-state index is 12.9. The smallest absolute Gasteiger partial charge is 0.338 e. The topological polar surface area (TPSA) is 71.1 Å². The predicted octanol–water partition coefficient (Wildman–Crippen LogP) is 7.29. The number of hydrogen-bond donors (Lipinski definition) is 0. The van der Waals surface area contributed by atoms with E-state index in [1.165, 1.54) is 0 Å². The van der Waals surface area contributed by atoms with Crippen molar-refractivity contribution in [3.63, 3.8) is 0 Å². The Kier molecular flexibility index (Phi) is 11.2. The summed E-state index contributed by atoms with van der Waals surface area (Å²) in [5.74, 6) is 1.51. The minimum absolute atomic E-state index is 0.113. The first-order chi connectivity index (χ1) is 18.3. The second-order valence-corrected chi connectivity index (χ2v) is 10.0. The van der Waals surface area contributed by atoms with Crippen molar-refractivity contribution < 1.29 is 28.5 Å². The molecule has 6 heteroatoms. The summed E-state index contributed by atoms with van der Waals surface area (Å²) in [7, 11) is 0. The maximum absolute atomic E-state index is 12.9. The number of hydrogen-bond acceptors (Lipinski definition) is 6. The minimum Gasteiger partial charge on any atom is -0.494 e. The molecule has 0 radical (unpaired) electrons. The fraction of sp³-hybridized carbons (Fsp3) is 0.375. The Morgan fingerprint density at radius 2 is 1.11 bits per heavy atom. The highest BCUT2D eigenvalue weighted by atomic mass is 16.6. The van der Waals surface area contributed by atoms with Crippen LogP contribution in [0.1, 0.15) is 72.9 Å². The van der Waals surface area contributed by atoms with Gasteiger partial charge in [-0.1, -0.05) is 58.0 Å². The highest BCUT2D eigenvalue weighted by Gasteiger charge is 2.21. The van der Waals surface area contributed by atoms with Crippen LogP contribution in [0.4, 0.5) is 0 Å². The molecule has 202 valence electrons. The van der Waals surface area contributed by atoms with Gasteiger partial charge >= 0.3 is 11.9 Å². The molecule has 3 aromatic rings. The quantitative estimate of drug-likeness (QED) is 0.209. The predicted molar refractivity (Wildman–Crippen MR) is 148 cm³/mol. The third-order valence-corrected chi connectivity index (χ3v) is 5.89. The van der Waals surface area contributed by atoms with Crippen LogP contribution in [0.3, 0.4) is 0 Å². The van der Waals surface area contributed by atoms with Crippen molar-refractivity contribution in [3.8, 4) is 11.5 Å². The van der Waals surface area contributed by atoms with E-state index in [1.807, 2.05) is 30.3 Å². The number of ether oxygens (including phenoxy) is 4. The van der Waals surface area contributed by atoms with Crippen LogP contribution in [0, 0.1) is 11.8 Å². The number of rotatable bonds is 14. The van der Waals surface area contributed by atoms with E-state index in [2.05, 4.69) is 27.7 Å². The Labute approximate surface area is 225 Å². The molecule has 0 saturated heterocycles. The van der Waals surface area contributed by atoms with Crippen LogP contribution in [0.25, 0.3) is 0 Å². The normalized spacial score (nSPS) is 11.7. The maximum Gasteiger partial charge on any atom is 0.338 e. The van der Waals surface area contributed by atoms with Gasteiger partial charge < -0.3 is 18.9 Å². The van der Waals surface area contributed by atoms with Gasteiger partial charge in [0.2, 0.25) is 0 Å². The zero-order valence-corrected chi connectivity index (χ0v) is 22.7. The van der Waals surface area contributed by atoms with Crippen molar-refractivity contribution in [2.75, 3.05) is 19.8 Å². The van der Waals surface area contributed by atoms with Crippen molar-refractivity contribution in [1.29, 1.82) is 0 Å². The molecule has 0 amide bonds. The van der Waals surface area contributed by atoms with Gasteiger partial charge in [-0.2, -0.15) is 0 Å². The number of esters is 2. The molecule has 0 aliphatic carbocycles. The van der Waals surface area contributed by atoms with Crippen molar-refractivity contribution in [1.82, 2.24) is 0 Å². The van der Waals surface area contributed by atoms with Crippen LogP contribution in [-0.2, 0) is 9.47 Å². The summed E-state index contributed by atoms with van der Waals surface area (Å²) in [6.45, 7) is 9.70. The molecule has 0 heterocycles. The summed E-state index contributed by atoms with van der Waals surface area (Å²) in [5, 5.41) is 0. The standard InChI is InChI=1S/C32H38O6/c1-23(2)18-20-35-28-14-10-26(11-15-28)31(33)37-22-30(25-8-6-5-7-9-25)38-32(34)27-12-16-29(17-13-27)36-21-19-24(3)4/h5-17,23-24,30H,18-22H2,1-4H3/t30-/m1/s1. The van der Waals surface area contributed by atoms with Gasteiger partial charge in [-0.25, -0.2) is 9.59 Å². The Morgan fingerprint density at radius 1 is 0.632 bits per heavy atom. The van der Waals surface area contributed by atoms with Crippen molar-refractivity contribution in [2.45, 2.75) is 46.6 Å². The van der Waals surface area contributed by atoms with Gasteiger partial charge in [-0.15, -0.1) is 0 Å². The molecule has 3 aromatic carbocycles. The summed E-state index contributed by atoms with van der Waals surface area (Å²) in [6.07, 6.45) is 1.16. The molecule has 0 aliphatic rings. The van der Waals surface area contributed by atoms with Crippen molar-refractivity contribution >= 4 is 11.9 Å². The van der Waals surface area contributed by atoms with Gasteiger partial charge in [0.25, 0.3) is 0 Å². The van der Waals surface area contributed by atoms with Gasteiger partial charge in [0.05, 0.1) is 24.3 Å². The largest absolute Gasteiger partial charge is 0.494 e. The minimum atomic E-state index is -0.756.